The summed E-state index contributed by atoms with van der Waals surface area (Å²) in [6, 6.07) is 1.26. The highest BCUT2D eigenvalue weighted by Crippen LogP contribution is 2.40. The smallest absolute Gasteiger partial charge is 0.166 e. The van der Waals surface area contributed by atoms with Gasteiger partial charge in [-0.1, -0.05) is 6.92 Å². The van der Waals surface area contributed by atoms with Gasteiger partial charge in [0, 0.05) is 17.5 Å². The van der Waals surface area contributed by atoms with Crippen molar-refractivity contribution in [3.8, 4) is 11.5 Å². The van der Waals surface area contributed by atoms with E-state index in [1.165, 1.54) is 13.2 Å². The van der Waals surface area contributed by atoms with Crippen LogP contribution in [0.15, 0.2) is 10.5 Å². The molecule has 1 rings (SSSR count). The molecule has 3 N–H and O–H groups in total. The SMILES string of the molecule is COc1c(O)cc(Br)c(F)c1C(C)CN. The molecule has 0 radical (unpaired) electrons. The number of hydrogen-bond acceptors (Lipinski definition) is 3. The van der Waals surface area contributed by atoms with Crippen molar-refractivity contribution in [2.45, 2.75) is 12.8 Å². The molecule has 0 fully saturated rings. The molecule has 3 nitrogen and oxygen atoms in total. The second kappa shape index (κ2) is 4.81. The third-order valence-electron chi connectivity index (χ3n) is 2.24. The molecule has 0 amide bonds. The first-order chi connectivity index (χ1) is 7.02. The highest BCUT2D eigenvalue weighted by atomic mass is 79.9. The second-order valence-electron chi connectivity index (χ2n) is 3.28. The Morgan fingerprint density at radius 1 is 1.67 bits per heavy atom. The monoisotopic (exact) mass is 277 g/mol. The largest absolute Gasteiger partial charge is 0.504 e. The topological polar surface area (TPSA) is 55.5 Å². The van der Waals surface area contributed by atoms with E-state index < -0.39 is 5.82 Å². The average molecular weight is 278 g/mol. The van der Waals surface area contributed by atoms with E-state index in [1.807, 2.05) is 0 Å². The van der Waals surface area contributed by atoms with Crippen molar-refractivity contribution in [2.75, 3.05) is 13.7 Å². The molecule has 1 aromatic carbocycles. The Labute approximate surface area is 96.2 Å². The Bertz CT molecular complexity index is 371. The quantitative estimate of drug-likeness (QED) is 0.892. The number of hydrogen-bond donors (Lipinski definition) is 2. The van der Waals surface area contributed by atoms with Crippen LogP contribution in [0.1, 0.15) is 18.4 Å². The molecule has 0 saturated heterocycles. The first kappa shape index (κ1) is 12.3. The van der Waals surface area contributed by atoms with Crippen LogP contribution in [0.25, 0.3) is 0 Å². The van der Waals surface area contributed by atoms with Gasteiger partial charge in [-0.15, -0.1) is 0 Å². The molecule has 15 heavy (non-hydrogen) atoms. The molecule has 0 saturated carbocycles. The lowest BCUT2D eigenvalue weighted by atomic mass is 9.99. The van der Waals surface area contributed by atoms with Crippen LogP contribution in [-0.2, 0) is 0 Å². The fourth-order valence-corrected chi connectivity index (χ4v) is 1.82. The normalized spacial score (nSPS) is 12.6. The molecule has 0 spiro atoms. The van der Waals surface area contributed by atoms with Gasteiger partial charge in [0.2, 0.25) is 0 Å². The van der Waals surface area contributed by atoms with Crippen LogP contribution < -0.4 is 10.5 Å². The van der Waals surface area contributed by atoms with E-state index in [4.69, 9.17) is 10.5 Å². The summed E-state index contributed by atoms with van der Waals surface area (Å²) in [4.78, 5) is 0. The Morgan fingerprint density at radius 3 is 2.73 bits per heavy atom. The summed E-state index contributed by atoms with van der Waals surface area (Å²) < 4.78 is 18.9. The van der Waals surface area contributed by atoms with Crippen LogP contribution in [0, 0.1) is 5.82 Å². The molecule has 0 aliphatic rings. The van der Waals surface area contributed by atoms with Gasteiger partial charge in [-0.05, 0) is 22.5 Å². The van der Waals surface area contributed by atoms with Crippen LogP contribution >= 0.6 is 15.9 Å². The predicted molar refractivity (Wildman–Crippen MR) is 59.8 cm³/mol. The zero-order chi connectivity index (χ0) is 11.6. The van der Waals surface area contributed by atoms with Crippen molar-refractivity contribution in [3.05, 3.63) is 21.9 Å². The number of nitrogens with two attached hydrogens (primary N) is 1. The number of benzene rings is 1. The Balaban J connectivity index is 3.43. The van der Waals surface area contributed by atoms with E-state index in [0.29, 0.717) is 5.56 Å². The maximum absolute atomic E-state index is 13.8. The first-order valence-electron chi connectivity index (χ1n) is 4.47. The fraction of sp³-hybridized carbons (Fsp3) is 0.400. The summed E-state index contributed by atoms with van der Waals surface area (Å²) >= 11 is 3.03. The summed E-state index contributed by atoms with van der Waals surface area (Å²) in [6.45, 7) is 2.05. The maximum Gasteiger partial charge on any atom is 0.166 e. The van der Waals surface area contributed by atoms with Gasteiger partial charge in [-0.3, -0.25) is 0 Å². The molecule has 5 heteroatoms. The van der Waals surface area contributed by atoms with Crippen LogP contribution in [-0.4, -0.2) is 18.8 Å². The van der Waals surface area contributed by atoms with Crippen molar-refractivity contribution in [1.29, 1.82) is 0 Å². The van der Waals surface area contributed by atoms with Crippen molar-refractivity contribution in [3.63, 3.8) is 0 Å². The third kappa shape index (κ3) is 2.23. The van der Waals surface area contributed by atoms with Gasteiger partial charge < -0.3 is 15.6 Å². The van der Waals surface area contributed by atoms with Gasteiger partial charge in [0.25, 0.3) is 0 Å². The second-order valence-corrected chi connectivity index (χ2v) is 4.13. The van der Waals surface area contributed by atoms with Crippen LogP contribution in [0.2, 0.25) is 0 Å². The molecule has 0 heterocycles. The minimum absolute atomic E-state index is 0.0962. The summed E-state index contributed by atoms with van der Waals surface area (Å²) in [5.41, 5.74) is 5.78. The number of methoxy groups -OCH3 is 1. The van der Waals surface area contributed by atoms with Crippen LogP contribution in [0.5, 0.6) is 11.5 Å². The van der Waals surface area contributed by atoms with Gasteiger partial charge in [0.1, 0.15) is 5.82 Å². The summed E-state index contributed by atoms with van der Waals surface area (Å²) in [5, 5.41) is 9.58. The molecule has 1 atom stereocenters. The lowest BCUT2D eigenvalue weighted by Gasteiger charge is -2.16. The Morgan fingerprint density at radius 2 is 2.27 bits per heavy atom. The Kier molecular flexibility index (Phi) is 3.93. The number of halogens is 2. The van der Waals surface area contributed by atoms with Gasteiger partial charge in [-0.2, -0.15) is 0 Å². The molecule has 0 aromatic heterocycles. The lowest BCUT2D eigenvalue weighted by molar-refractivity contribution is 0.361. The number of phenolic OH excluding ortho intramolecular Hbond substituents is 1. The molecule has 1 aromatic rings. The number of phenols is 1. The molecule has 1 unspecified atom stereocenters. The van der Waals surface area contributed by atoms with Gasteiger partial charge in [0.05, 0.1) is 11.6 Å². The molecular formula is C10H13BrFNO2. The third-order valence-corrected chi connectivity index (χ3v) is 2.81. The molecular weight excluding hydrogens is 265 g/mol. The van der Waals surface area contributed by atoms with E-state index in [1.54, 1.807) is 6.92 Å². The van der Waals surface area contributed by atoms with Gasteiger partial charge in [0.15, 0.2) is 11.5 Å². The average Bonchev–Trinajstić information content (AvgIpc) is 2.21. The lowest BCUT2D eigenvalue weighted by Crippen LogP contribution is -2.12. The van der Waals surface area contributed by atoms with E-state index in [2.05, 4.69) is 15.9 Å². The highest BCUT2D eigenvalue weighted by Gasteiger charge is 2.21. The summed E-state index contributed by atoms with van der Waals surface area (Å²) in [5.74, 6) is -0.610. The number of aromatic hydroxyl groups is 1. The van der Waals surface area contributed by atoms with E-state index in [9.17, 15) is 9.50 Å². The van der Waals surface area contributed by atoms with Crippen LogP contribution in [0.4, 0.5) is 4.39 Å². The Hall–Kier alpha value is -0.810. The maximum atomic E-state index is 13.8. The zero-order valence-electron chi connectivity index (χ0n) is 8.55. The van der Waals surface area contributed by atoms with E-state index in [-0.39, 0.29) is 28.4 Å². The molecule has 0 bridgehead atoms. The van der Waals surface area contributed by atoms with Crippen molar-refractivity contribution >= 4 is 15.9 Å². The number of rotatable bonds is 3. The predicted octanol–water partition coefficient (Wildman–Crippen LogP) is 2.36. The molecule has 0 aliphatic carbocycles. The van der Waals surface area contributed by atoms with E-state index in [0.717, 1.165) is 0 Å². The van der Waals surface area contributed by atoms with Crippen molar-refractivity contribution < 1.29 is 14.2 Å². The van der Waals surface area contributed by atoms with E-state index >= 15 is 0 Å². The molecule has 84 valence electrons. The minimum atomic E-state index is -0.442. The number of ether oxygens (including phenoxy) is 1. The van der Waals surface area contributed by atoms with Crippen molar-refractivity contribution in [2.24, 2.45) is 5.73 Å². The van der Waals surface area contributed by atoms with Crippen LogP contribution in [0.3, 0.4) is 0 Å². The minimum Gasteiger partial charge on any atom is -0.504 e. The first-order valence-corrected chi connectivity index (χ1v) is 5.27. The van der Waals surface area contributed by atoms with Crippen molar-refractivity contribution in [1.82, 2.24) is 0 Å². The highest BCUT2D eigenvalue weighted by molar-refractivity contribution is 9.10. The standard InChI is InChI=1S/C10H13BrFNO2/c1-5(4-13)8-9(12)6(11)3-7(14)10(8)15-2/h3,5,14H,4,13H2,1-2H3. The summed E-state index contributed by atoms with van der Waals surface area (Å²) in [6.07, 6.45) is 0. The van der Waals surface area contributed by atoms with Gasteiger partial charge in [-0.25, -0.2) is 4.39 Å². The summed E-state index contributed by atoms with van der Waals surface area (Å²) in [7, 11) is 1.38. The fourth-order valence-electron chi connectivity index (χ4n) is 1.39. The zero-order valence-corrected chi connectivity index (χ0v) is 10.1. The molecule has 0 aliphatic heterocycles. The van der Waals surface area contributed by atoms with Gasteiger partial charge >= 0.3 is 0 Å².